The van der Waals surface area contributed by atoms with Crippen molar-refractivity contribution in [2.45, 2.75) is 84.0 Å². The lowest BCUT2D eigenvalue weighted by Crippen LogP contribution is -2.47. The molecule has 1 heterocycles. The van der Waals surface area contributed by atoms with Crippen LogP contribution in [0.5, 0.6) is 0 Å². The molecule has 1 amide bonds. The Morgan fingerprint density at radius 1 is 1.27 bits per heavy atom. The Labute approximate surface area is 200 Å². The highest BCUT2D eigenvalue weighted by Crippen LogP contribution is 2.53. The summed E-state index contributed by atoms with van der Waals surface area (Å²) in [5.41, 5.74) is 2.15. The summed E-state index contributed by atoms with van der Waals surface area (Å²) in [6, 6.07) is 5.85. The van der Waals surface area contributed by atoms with Crippen molar-refractivity contribution in [1.29, 1.82) is 0 Å². The molecule has 0 unspecified atom stereocenters. The first kappa shape index (κ1) is 25.7. The summed E-state index contributed by atoms with van der Waals surface area (Å²) in [6.45, 7) is 8.73. The maximum Gasteiger partial charge on any atom is 0.303 e. The smallest absolute Gasteiger partial charge is 0.303 e. The maximum atomic E-state index is 13.8. The molecule has 1 N–H and O–H groups in total. The zero-order valence-corrected chi connectivity index (χ0v) is 20.6. The first-order chi connectivity index (χ1) is 15.2. The molecular formula is C26H34ClF2NO3. The number of amides is 1. The molecule has 1 fully saturated rings. The molecule has 7 heteroatoms. The van der Waals surface area contributed by atoms with Gasteiger partial charge in [0.25, 0.3) is 0 Å². The average Bonchev–Trinajstić information content (AvgIpc) is 2.66. The van der Waals surface area contributed by atoms with Gasteiger partial charge in [0.1, 0.15) is 0 Å². The number of rotatable bonds is 8. The zero-order valence-electron chi connectivity index (χ0n) is 19.9. The second kappa shape index (κ2) is 9.36. The first-order valence-corrected chi connectivity index (χ1v) is 12.0. The molecule has 0 bridgehead atoms. The SMILES string of the molecule is CC(C)(C)CCc1ccc([C@@]2(C)CC(=O)N(CCCC(=O)O)C=C2C2CC(F)(F)C2)cc1Cl. The Morgan fingerprint density at radius 3 is 2.48 bits per heavy atom. The van der Waals surface area contributed by atoms with Crippen LogP contribution in [0.2, 0.25) is 5.02 Å². The van der Waals surface area contributed by atoms with E-state index in [1.54, 1.807) is 6.20 Å². The van der Waals surface area contributed by atoms with Crippen LogP contribution < -0.4 is 0 Å². The molecule has 1 aliphatic carbocycles. The van der Waals surface area contributed by atoms with E-state index in [4.69, 9.17) is 16.7 Å². The number of aryl methyl sites for hydroxylation is 1. The molecule has 4 nitrogen and oxygen atoms in total. The molecule has 0 radical (unpaired) electrons. The van der Waals surface area contributed by atoms with Crippen molar-refractivity contribution in [3.8, 4) is 0 Å². The van der Waals surface area contributed by atoms with Gasteiger partial charge in [0, 0.05) is 48.9 Å². The van der Waals surface area contributed by atoms with Crippen LogP contribution >= 0.6 is 11.6 Å². The van der Waals surface area contributed by atoms with Gasteiger partial charge in [0.15, 0.2) is 0 Å². The fraction of sp³-hybridized carbons (Fsp3) is 0.615. The highest BCUT2D eigenvalue weighted by Gasteiger charge is 2.52. The van der Waals surface area contributed by atoms with E-state index >= 15 is 0 Å². The van der Waals surface area contributed by atoms with Gasteiger partial charge in [0.2, 0.25) is 11.8 Å². The van der Waals surface area contributed by atoms with Crippen molar-refractivity contribution >= 4 is 23.5 Å². The van der Waals surface area contributed by atoms with Crippen molar-refractivity contribution < 1.29 is 23.5 Å². The Balaban J connectivity index is 1.90. The third-order valence-electron chi connectivity index (χ3n) is 6.91. The summed E-state index contributed by atoms with van der Waals surface area (Å²) >= 11 is 6.63. The van der Waals surface area contributed by atoms with Gasteiger partial charge in [-0.3, -0.25) is 9.59 Å². The van der Waals surface area contributed by atoms with Crippen LogP contribution in [0.4, 0.5) is 8.78 Å². The molecule has 0 saturated heterocycles. The van der Waals surface area contributed by atoms with Crippen LogP contribution in [0.25, 0.3) is 0 Å². The van der Waals surface area contributed by atoms with Gasteiger partial charge >= 0.3 is 5.97 Å². The van der Waals surface area contributed by atoms with Crippen molar-refractivity contribution in [3.05, 3.63) is 46.1 Å². The summed E-state index contributed by atoms with van der Waals surface area (Å²) in [5, 5.41) is 9.53. The number of carbonyl (C=O) groups excluding carboxylic acids is 1. The normalized spacial score (nSPS) is 23.3. The predicted molar refractivity (Wildman–Crippen MR) is 126 cm³/mol. The fourth-order valence-corrected chi connectivity index (χ4v) is 5.06. The number of alkyl halides is 2. The van der Waals surface area contributed by atoms with Crippen molar-refractivity contribution in [3.63, 3.8) is 0 Å². The molecule has 1 aromatic rings. The zero-order chi connectivity index (χ0) is 24.6. The molecule has 33 heavy (non-hydrogen) atoms. The third-order valence-corrected chi connectivity index (χ3v) is 7.26. The monoisotopic (exact) mass is 481 g/mol. The van der Waals surface area contributed by atoms with E-state index in [2.05, 4.69) is 20.8 Å². The van der Waals surface area contributed by atoms with Crippen molar-refractivity contribution in [1.82, 2.24) is 4.90 Å². The van der Waals surface area contributed by atoms with Gasteiger partial charge in [-0.05, 0) is 53.4 Å². The minimum Gasteiger partial charge on any atom is -0.481 e. The first-order valence-electron chi connectivity index (χ1n) is 11.6. The summed E-state index contributed by atoms with van der Waals surface area (Å²) in [5.74, 6) is -4.06. The van der Waals surface area contributed by atoms with E-state index in [0.717, 1.165) is 29.5 Å². The van der Waals surface area contributed by atoms with Gasteiger partial charge in [0.05, 0.1) is 0 Å². The summed E-state index contributed by atoms with van der Waals surface area (Å²) in [4.78, 5) is 25.3. The van der Waals surface area contributed by atoms with Crippen LogP contribution in [0.3, 0.4) is 0 Å². The number of carboxylic acid groups (broad SMARTS) is 1. The van der Waals surface area contributed by atoms with E-state index in [1.165, 1.54) is 4.90 Å². The number of benzene rings is 1. The number of nitrogens with zero attached hydrogens (tertiary/aromatic N) is 1. The quantitative estimate of drug-likeness (QED) is 0.455. The number of carboxylic acids is 1. The number of carbonyl (C=O) groups is 2. The van der Waals surface area contributed by atoms with Gasteiger partial charge in [-0.1, -0.05) is 51.4 Å². The number of aliphatic carboxylic acids is 1. The summed E-state index contributed by atoms with van der Waals surface area (Å²) in [7, 11) is 0. The van der Waals surface area contributed by atoms with E-state index in [0.29, 0.717) is 11.4 Å². The molecular weight excluding hydrogens is 448 g/mol. The maximum absolute atomic E-state index is 13.8. The number of hydrogen-bond acceptors (Lipinski definition) is 2. The fourth-order valence-electron chi connectivity index (χ4n) is 4.79. The highest BCUT2D eigenvalue weighted by atomic mass is 35.5. The van der Waals surface area contributed by atoms with Crippen molar-refractivity contribution in [2.24, 2.45) is 11.3 Å². The molecule has 1 aliphatic heterocycles. The standard InChI is InChI=1S/C26H34ClF2NO3/c1-24(2,3)10-9-17-7-8-19(12-21(17)27)25(4)15-22(31)30(11-5-6-23(32)33)16-20(25)18-13-26(28,29)14-18/h7-8,12,16,18H,5-6,9-11,13-15H2,1-4H3,(H,32,33)/t25-/m1/s1. The Bertz CT molecular complexity index is 945. The lowest BCUT2D eigenvalue weighted by molar-refractivity contribution is -0.138. The topological polar surface area (TPSA) is 57.6 Å². The minimum atomic E-state index is -2.68. The molecule has 0 spiro atoms. The van der Waals surface area contributed by atoms with E-state index < -0.39 is 17.3 Å². The summed E-state index contributed by atoms with van der Waals surface area (Å²) < 4.78 is 27.5. The van der Waals surface area contributed by atoms with E-state index in [1.807, 2.05) is 25.1 Å². The molecule has 1 atom stereocenters. The van der Waals surface area contributed by atoms with E-state index in [-0.39, 0.29) is 49.5 Å². The number of halogens is 3. The van der Waals surface area contributed by atoms with Crippen molar-refractivity contribution in [2.75, 3.05) is 6.54 Å². The molecule has 182 valence electrons. The van der Waals surface area contributed by atoms with Crippen LogP contribution in [0.1, 0.15) is 77.3 Å². The van der Waals surface area contributed by atoms with Crippen LogP contribution in [0.15, 0.2) is 30.0 Å². The largest absolute Gasteiger partial charge is 0.481 e. The van der Waals surface area contributed by atoms with Crippen LogP contribution in [0, 0.1) is 11.3 Å². The lowest BCUT2D eigenvalue weighted by atomic mass is 9.62. The van der Waals surface area contributed by atoms with Gasteiger partial charge < -0.3 is 10.0 Å². The van der Waals surface area contributed by atoms with Crippen LogP contribution in [-0.4, -0.2) is 34.4 Å². The Morgan fingerprint density at radius 2 is 1.94 bits per heavy atom. The minimum absolute atomic E-state index is 0.0443. The second-order valence-electron chi connectivity index (χ2n) is 11.0. The highest BCUT2D eigenvalue weighted by molar-refractivity contribution is 6.31. The van der Waals surface area contributed by atoms with Gasteiger partial charge in [-0.25, -0.2) is 8.78 Å². The van der Waals surface area contributed by atoms with Gasteiger partial charge in [-0.2, -0.15) is 0 Å². The number of allylic oxidation sites excluding steroid dienone is 1. The average molecular weight is 482 g/mol. The third kappa shape index (κ3) is 6.14. The van der Waals surface area contributed by atoms with Crippen LogP contribution in [-0.2, 0) is 21.4 Å². The summed E-state index contributed by atoms with van der Waals surface area (Å²) in [6.07, 6.45) is 3.48. The van der Waals surface area contributed by atoms with Gasteiger partial charge in [-0.15, -0.1) is 0 Å². The Hall–Kier alpha value is -1.95. The molecule has 0 aromatic heterocycles. The molecule has 3 rings (SSSR count). The predicted octanol–water partition coefficient (Wildman–Crippen LogP) is 6.60. The lowest BCUT2D eigenvalue weighted by Gasteiger charge is -2.47. The second-order valence-corrected chi connectivity index (χ2v) is 11.4. The molecule has 1 aromatic carbocycles. The van der Waals surface area contributed by atoms with E-state index in [9.17, 15) is 18.4 Å². The number of hydrogen-bond donors (Lipinski definition) is 1. The molecule has 1 saturated carbocycles. The molecule has 2 aliphatic rings. The Kier molecular flexibility index (Phi) is 7.28.